The van der Waals surface area contributed by atoms with Gasteiger partial charge in [-0.3, -0.25) is 0 Å². The standard InChI is InChI=1S/C15H26BClO2/c1-10(2)7-13(17)16-18-12-8-11-5-6-15(12,19-16)9-14(11,3)4/h10-13H,5-9H2,1-4H3/t11-,12+,13+,15+/m0/s1. The smallest absolute Gasteiger partial charge is 0.404 e. The van der Waals surface area contributed by atoms with Gasteiger partial charge in [-0.25, -0.2) is 0 Å². The van der Waals surface area contributed by atoms with E-state index in [0.29, 0.717) is 11.3 Å². The van der Waals surface area contributed by atoms with Crippen LogP contribution in [-0.4, -0.2) is 24.1 Å². The van der Waals surface area contributed by atoms with Gasteiger partial charge in [0.1, 0.15) is 0 Å². The maximum Gasteiger partial charge on any atom is 0.476 e. The van der Waals surface area contributed by atoms with Crippen LogP contribution in [-0.2, 0) is 9.31 Å². The van der Waals surface area contributed by atoms with Crippen molar-refractivity contribution in [3.63, 3.8) is 0 Å². The van der Waals surface area contributed by atoms with E-state index in [2.05, 4.69) is 27.7 Å². The highest BCUT2D eigenvalue weighted by atomic mass is 35.5. The zero-order valence-electron chi connectivity index (χ0n) is 12.6. The normalized spacial score (nSPS) is 41.7. The molecule has 4 aliphatic rings. The van der Waals surface area contributed by atoms with E-state index in [0.717, 1.165) is 31.6 Å². The van der Waals surface area contributed by atoms with E-state index >= 15 is 0 Å². The molecular weight excluding hydrogens is 258 g/mol. The van der Waals surface area contributed by atoms with Gasteiger partial charge in [-0.1, -0.05) is 27.7 Å². The molecule has 0 amide bonds. The highest BCUT2D eigenvalue weighted by molar-refractivity contribution is 6.59. The van der Waals surface area contributed by atoms with Gasteiger partial charge in [-0.15, -0.1) is 11.6 Å². The molecule has 0 unspecified atom stereocenters. The summed E-state index contributed by atoms with van der Waals surface area (Å²) in [7, 11) is -0.193. The lowest BCUT2D eigenvalue weighted by Crippen LogP contribution is -2.56. The van der Waals surface area contributed by atoms with Crippen molar-refractivity contribution in [3.8, 4) is 0 Å². The lowest BCUT2D eigenvalue weighted by atomic mass is 9.54. The molecule has 1 aliphatic heterocycles. The van der Waals surface area contributed by atoms with Crippen LogP contribution in [0.1, 0.15) is 59.8 Å². The molecule has 0 aromatic rings. The predicted octanol–water partition coefficient (Wildman–Crippen LogP) is 4.05. The molecule has 1 saturated heterocycles. The summed E-state index contributed by atoms with van der Waals surface area (Å²) in [4.78, 5) is 0. The van der Waals surface area contributed by atoms with Crippen molar-refractivity contribution in [1.82, 2.24) is 0 Å². The van der Waals surface area contributed by atoms with E-state index in [1.807, 2.05) is 0 Å². The van der Waals surface area contributed by atoms with Crippen LogP contribution >= 0.6 is 11.6 Å². The van der Waals surface area contributed by atoms with E-state index in [1.165, 1.54) is 6.42 Å². The van der Waals surface area contributed by atoms with Crippen molar-refractivity contribution in [2.75, 3.05) is 0 Å². The molecule has 0 radical (unpaired) electrons. The van der Waals surface area contributed by atoms with Crippen molar-refractivity contribution in [2.45, 2.75) is 76.8 Å². The topological polar surface area (TPSA) is 18.5 Å². The third-order valence-electron chi connectivity index (χ3n) is 5.50. The summed E-state index contributed by atoms with van der Waals surface area (Å²) in [6, 6.07) is 0. The average molecular weight is 285 g/mol. The van der Waals surface area contributed by atoms with Gasteiger partial charge < -0.3 is 9.31 Å². The van der Waals surface area contributed by atoms with Crippen LogP contribution in [0.4, 0.5) is 0 Å². The van der Waals surface area contributed by atoms with E-state index < -0.39 is 0 Å². The van der Waals surface area contributed by atoms with Gasteiger partial charge >= 0.3 is 7.12 Å². The Balaban J connectivity index is 1.73. The Morgan fingerprint density at radius 2 is 2.11 bits per heavy atom. The first-order chi connectivity index (χ1) is 8.82. The highest BCUT2D eigenvalue weighted by Gasteiger charge is 2.62. The predicted molar refractivity (Wildman–Crippen MR) is 79.3 cm³/mol. The number of hydrogen-bond acceptors (Lipinski definition) is 2. The van der Waals surface area contributed by atoms with E-state index in [4.69, 9.17) is 20.9 Å². The molecule has 4 rings (SSSR count). The Bertz CT molecular complexity index is 360. The van der Waals surface area contributed by atoms with Crippen LogP contribution in [0.25, 0.3) is 0 Å². The number of hydrogen-bond donors (Lipinski definition) is 0. The molecule has 2 nitrogen and oxygen atoms in total. The maximum absolute atomic E-state index is 6.50. The van der Waals surface area contributed by atoms with E-state index in [-0.39, 0.29) is 24.1 Å². The lowest BCUT2D eigenvalue weighted by Gasteiger charge is -2.55. The van der Waals surface area contributed by atoms with Crippen molar-refractivity contribution in [2.24, 2.45) is 17.3 Å². The Morgan fingerprint density at radius 3 is 2.74 bits per heavy atom. The summed E-state index contributed by atoms with van der Waals surface area (Å²) in [5.41, 5.74) is 0.361. The Morgan fingerprint density at radius 1 is 1.37 bits per heavy atom. The first-order valence-electron chi connectivity index (χ1n) is 7.80. The molecule has 19 heavy (non-hydrogen) atoms. The van der Waals surface area contributed by atoms with Gasteiger partial charge in [0.05, 0.1) is 17.0 Å². The summed E-state index contributed by atoms with van der Waals surface area (Å²) in [6.45, 7) is 9.17. The summed E-state index contributed by atoms with van der Waals surface area (Å²) in [5, 5.41) is -0.0119. The second-order valence-corrected chi connectivity index (χ2v) is 8.52. The highest BCUT2D eigenvalue weighted by Crippen LogP contribution is 2.59. The minimum Gasteiger partial charge on any atom is -0.404 e. The molecule has 4 fully saturated rings. The lowest BCUT2D eigenvalue weighted by molar-refractivity contribution is -0.122. The van der Waals surface area contributed by atoms with Crippen LogP contribution in [0.15, 0.2) is 0 Å². The average Bonchev–Trinajstić information content (AvgIpc) is 2.64. The second-order valence-electron chi connectivity index (χ2n) is 7.96. The molecule has 108 valence electrons. The fourth-order valence-corrected chi connectivity index (χ4v) is 4.96. The number of halogens is 1. The molecule has 0 N–H and O–H groups in total. The summed E-state index contributed by atoms with van der Waals surface area (Å²) >= 11 is 6.50. The Hall–Kier alpha value is 0.275. The van der Waals surface area contributed by atoms with Gasteiger partial charge in [-0.05, 0) is 49.4 Å². The fraction of sp³-hybridized carbons (Fsp3) is 1.00. The Labute approximate surface area is 122 Å². The van der Waals surface area contributed by atoms with Crippen molar-refractivity contribution in [3.05, 3.63) is 0 Å². The number of alkyl halides is 1. The molecule has 1 heterocycles. The summed E-state index contributed by atoms with van der Waals surface area (Å²) < 4.78 is 12.6. The molecule has 1 spiro atoms. The number of fused-ring (bicyclic) bond motifs is 2. The molecule has 4 atom stereocenters. The summed E-state index contributed by atoms with van der Waals surface area (Å²) in [6.07, 6.45) is 6.00. The van der Waals surface area contributed by atoms with Gasteiger partial charge in [0, 0.05) is 0 Å². The van der Waals surface area contributed by atoms with Gasteiger partial charge in [0.25, 0.3) is 0 Å². The van der Waals surface area contributed by atoms with Gasteiger partial charge in [-0.2, -0.15) is 0 Å². The third-order valence-corrected chi connectivity index (χ3v) is 5.89. The first-order valence-corrected chi connectivity index (χ1v) is 8.23. The van der Waals surface area contributed by atoms with E-state index in [9.17, 15) is 0 Å². The van der Waals surface area contributed by atoms with Crippen LogP contribution in [0.3, 0.4) is 0 Å². The van der Waals surface area contributed by atoms with Crippen molar-refractivity contribution in [1.29, 1.82) is 0 Å². The Kier molecular flexibility index (Phi) is 3.47. The monoisotopic (exact) mass is 284 g/mol. The zero-order chi connectivity index (χ0) is 13.8. The first kappa shape index (κ1) is 14.2. The SMILES string of the molecule is CC(C)C[C@@H](Cl)B1O[C@@H]2C[C@@H]3CC[C@]2(CC3(C)C)O1. The maximum atomic E-state index is 6.50. The minimum absolute atomic E-state index is 0.0119. The zero-order valence-corrected chi connectivity index (χ0v) is 13.4. The molecule has 3 saturated carbocycles. The van der Waals surface area contributed by atoms with Crippen molar-refractivity contribution < 1.29 is 9.31 Å². The second kappa shape index (κ2) is 4.64. The third kappa shape index (κ3) is 2.36. The fourth-order valence-electron chi connectivity index (χ4n) is 4.50. The quantitative estimate of drug-likeness (QED) is 0.575. The largest absolute Gasteiger partial charge is 0.476 e. The van der Waals surface area contributed by atoms with Gasteiger partial charge in [0.2, 0.25) is 0 Å². The van der Waals surface area contributed by atoms with Crippen molar-refractivity contribution >= 4 is 18.7 Å². The van der Waals surface area contributed by atoms with Gasteiger partial charge in [0.15, 0.2) is 0 Å². The molecular formula is C15H26BClO2. The van der Waals surface area contributed by atoms with Crippen LogP contribution in [0.2, 0.25) is 0 Å². The molecule has 3 aliphatic carbocycles. The number of rotatable bonds is 3. The minimum atomic E-state index is -0.193. The van der Waals surface area contributed by atoms with Crippen LogP contribution in [0, 0.1) is 17.3 Å². The van der Waals surface area contributed by atoms with Crippen LogP contribution in [0.5, 0.6) is 0 Å². The molecule has 0 aromatic heterocycles. The van der Waals surface area contributed by atoms with Crippen LogP contribution < -0.4 is 0 Å². The van der Waals surface area contributed by atoms with E-state index in [1.54, 1.807) is 0 Å². The molecule has 4 heteroatoms. The molecule has 2 bridgehead atoms. The summed E-state index contributed by atoms with van der Waals surface area (Å²) in [5.74, 6) is 1.38. The molecule has 0 aromatic carbocycles.